The van der Waals surface area contributed by atoms with Gasteiger partial charge in [-0.15, -0.1) is 0 Å². The predicted octanol–water partition coefficient (Wildman–Crippen LogP) is 1.64. The lowest BCUT2D eigenvalue weighted by molar-refractivity contribution is -0.127. The van der Waals surface area contributed by atoms with Crippen molar-refractivity contribution in [2.45, 2.75) is 25.8 Å². The van der Waals surface area contributed by atoms with Gasteiger partial charge in [0.25, 0.3) is 5.91 Å². The minimum atomic E-state index is -0.555. The summed E-state index contributed by atoms with van der Waals surface area (Å²) in [6.45, 7) is 2.48. The summed E-state index contributed by atoms with van der Waals surface area (Å²) < 4.78 is 11.2. The maximum absolute atomic E-state index is 12.0. The molecule has 2 aliphatic rings. The lowest BCUT2D eigenvalue weighted by Gasteiger charge is -2.42. The first-order valence-corrected chi connectivity index (χ1v) is 8.64. The molecule has 0 unspecified atom stereocenters. The van der Waals surface area contributed by atoms with Gasteiger partial charge in [0.15, 0.2) is 0 Å². The molecule has 7 nitrogen and oxygen atoms in total. The van der Waals surface area contributed by atoms with Gasteiger partial charge >= 0.3 is 0 Å². The van der Waals surface area contributed by atoms with E-state index in [-0.39, 0.29) is 23.3 Å². The average Bonchev–Trinajstić information content (AvgIpc) is 2.77. The lowest BCUT2D eigenvalue weighted by Crippen LogP contribution is -2.46. The van der Waals surface area contributed by atoms with Crippen LogP contribution in [0.2, 0.25) is 0 Å². The number of pyridine rings is 1. The van der Waals surface area contributed by atoms with Gasteiger partial charge in [-0.2, -0.15) is 0 Å². The molecule has 1 aliphatic carbocycles. The monoisotopic (exact) mass is 355 g/mol. The molecule has 1 aromatic carbocycles. The molecule has 0 spiro atoms. The van der Waals surface area contributed by atoms with E-state index in [0.29, 0.717) is 23.8 Å². The highest BCUT2D eigenvalue weighted by Gasteiger charge is 2.57. The van der Waals surface area contributed by atoms with Crippen LogP contribution in [0.4, 0.5) is 0 Å². The summed E-state index contributed by atoms with van der Waals surface area (Å²) in [7, 11) is 1.48. The number of hydrogen-bond donors (Lipinski definition) is 2. The number of nitrogens with zero attached hydrogens (tertiary/aromatic N) is 1. The van der Waals surface area contributed by atoms with Crippen LogP contribution in [-0.2, 0) is 4.79 Å². The number of nitrogens with one attached hydrogen (secondary N) is 1. The molecule has 1 saturated heterocycles. The summed E-state index contributed by atoms with van der Waals surface area (Å²) in [6, 6.07) is 5.14. The van der Waals surface area contributed by atoms with Gasteiger partial charge in [0.05, 0.1) is 18.7 Å². The van der Waals surface area contributed by atoms with Crippen LogP contribution in [0.1, 0.15) is 30.1 Å². The third-order valence-corrected chi connectivity index (χ3v) is 5.90. The zero-order valence-electron chi connectivity index (χ0n) is 14.7. The number of aromatic nitrogens is 1. The van der Waals surface area contributed by atoms with Gasteiger partial charge in [-0.05, 0) is 36.4 Å². The van der Waals surface area contributed by atoms with Crippen molar-refractivity contribution in [3.8, 4) is 11.6 Å². The van der Waals surface area contributed by atoms with E-state index < -0.39 is 5.91 Å². The number of primary amides is 1. The maximum Gasteiger partial charge on any atom is 0.252 e. The highest BCUT2D eigenvalue weighted by molar-refractivity contribution is 6.01. The maximum atomic E-state index is 12.0. The number of hydrogen-bond acceptors (Lipinski definition) is 5. The minimum absolute atomic E-state index is 0.0300. The van der Waals surface area contributed by atoms with Gasteiger partial charge in [0.2, 0.25) is 11.8 Å². The normalized spacial score (nSPS) is 26.8. The Morgan fingerprint density at radius 1 is 1.46 bits per heavy atom. The van der Waals surface area contributed by atoms with E-state index in [0.717, 1.165) is 23.6 Å². The van der Waals surface area contributed by atoms with Crippen molar-refractivity contribution in [3.63, 3.8) is 0 Å². The number of methoxy groups -OCH3 is 1. The molecule has 0 radical (unpaired) electrons. The molecule has 4 rings (SSSR count). The second-order valence-corrected chi connectivity index (χ2v) is 7.22. The van der Waals surface area contributed by atoms with E-state index >= 15 is 0 Å². The zero-order chi connectivity index (χ0) is 18.5. The minimum Gasteiger partial charge on any atom is -0.496 e. The molecule has 2 amide bonds. The molecule has 136 valence electrons. The molecule has 3 atom stereocenters. The van der Waals surface area contributed by atoms with Gasteiger partial charge < -0.3 is 20.5 Å². The molecular formula is C19H21N3O4. The molecule has 0 bridgehead atoms. The van der Waals surface area contributed by atoms with E-state index in [1.54, 1.807) is 24.4 Å². The molecule has 1 aliphatic heterocycles. The zero-order valence-corrected chi connectivity index (χ0v) is 14.7. The molecule has 2 fully saturated rings. The van der Waals surface area contributed by atoms with Crippen molar-refractivity contribution in [3.05, 3.63) is 30.0 Å². The Bertz CT molecular complexity index is 913. The fourth-order valence-electron chi connectivity index (χ4n) is 4.07. The molecule has 1 aromatic heterocycles. The largest absolute Gasteiger partial charge is 0.496 e. The highest BCUT2D eigenvalue weighted by Crippen LogP contribution is 2.52. The number of nitrogens with two attached hydrogens (primary N) is 1. The first kappa shape index (κ1) is 16.6. The van der Waals surface area contributed by atoms with Gasteiger partial charge in [-0.1, -0.05) is 6.92 Å². The molecule has 2 heterocycles. The van der Waals surface area contributed by atoms with Gasteiger partial charge in [0, 0.05) is 22.9 Å². The molecule has 26 heavy (non-hydrogen) atoms. The number of amides is 2. The molecule has 2 aromatic rings. The number of ether oxygens (including phenoxy) is 2. The predicted molar refractivity (Wildman–Crippen MR) is 95.1 cm³/mol. The second-order valence-electron chi connectivity index (χ2n) is 7.22. The Balaban J connectivity index is 1.63. The fraction of sp³-hybridized carbons (Fsp3) is 0.421. The summed E-state index contributed by atoms with van der Waals surface area (Å²) in [5, 5.41) is 4.56. The van der Waals surface area contributed by atoms with Crippen LogP contribution in [0.25, 0.3) is 10.8 Å². The van der Waals surface area contributed by atoms with Gasteiger partial charge in [-0.3, -0.25) is 9.59 Å². The van der Waals surface area contributed by atoms with Crippen molar-refractivity contribution < 1.29 is 19.1 Å². The first-order valence-electron chi connectivity index (χ1n) is 8.64. The Morgan fingerprint density at radius 3 is 2.88 bits per heavy atom. The van der Waals surface area contributed by atoms with Crippen molar-refractivity contribution in [1.82, 2.24) is 10.3 Å². The van der Waals surface area contributed by atoms with Gasteiger partial charge in [0.1, 0.15) is 12.4 Å². The summed E-state index contributed by atoms with van der Waals surface area (Å²) in [6.07, 6.45) is 3.58. The lowest BCUT2D eigenvalue weighted by atomic mass is 9.60. The Labute approximate surface area is 150 Å². The van der Waals surface area contributed by atoms with Gasteiger partial charge in [-0.25, -0.2) is 4.98 Å². The van der Waals surface area contributed by atoms with Crippen molar-refractivity contribution in [2.75, 3.05) is 13.7 Å². The Morgan fingerprint density at radius 2 is 2.27 bits per heavy atom. The fourth-order valence-corrected chi connectivity index (χ4v) is 4.07. The quantitative estimate of drug-likeness (QED) is 0.848. The summed E-state index contributed by atoms with van der Waals surface area (Å²) in [4.78, 5) is 27.9. The summed E-state index contributed by atoms with van der Waals surface area (Å²) >= 11 is 0. The van der Waals surface area contributed by atoms with Crippen LogP contribution in [-0.4, -0.2) is 36.6 Å². The number of rotatable bonds is 5. The van der Waals surface area contributed by atoms with E-state index in [4.69, 9.17) is 15.2 Å². The van der Waals surface area contributed by atoms with Crippen LogP contribution in [0.3, 0.4) is 0 Å². The van der Waals surface area contributed by atoms with E-state index in [2.05, 4.69) is 17.2 Å². The molecular weight excluding hydrogens is 334 g/mol. The van der Waals surface area contributed by atoms with Crippen molar-refractivity contribution >= 4 is 22.6 Å². The number of carbonyl (C=O) groups excluding carboxylic acids is 2. The van der Waals surface area contributed by atoms with Crippen LogP contribution in [0, 0.1) is 11.3 Å². The van der Waals surface area contributed by atoms with Crippen molar-refractivity contribution in [2.24, 2.45) is 17.1 Å². The van der Waals surface area contributed by atoms with Crippen LogP contribution in [0.15, 0.2) is 24.4 Å². The topological polar surface area (TPSA) is 104 Å². The molecule has 3 N–H and O–H groups in total. The van der Waals surface area contributed by atoms with Crippen LogP contribution >= 0.6 is 0 Å². The van der Waals surface area contributed by atoms with E-state index in [1.165, 1.54) is 7.11 Å². The summed E-state index contributed by atoms with van der Waals surface area (Å²) in [5.41, 5.74) is 5.68. The van der Waals surface area contributed by atoms with Crippen molar-refractivity contribution in [1.29, 1.82) is 0 Å². The SMILES string of the molecule is COc1cc2c(OC[C@H]3NC(=O)[C@@H]4CC[C@]34C)nccc2cc1C(N)=O. The number of fused-ring (bicyclic) bond motifs is 2. The van der Waals surface area contributed by atoms with Crippen LogP contribution in [0.5, 0.6) is 11.6 Å². The van der Waals surface area contributed by atoms with E-state index in [1.807, 2.05) is 0 Å². The highest BCUT2D eigenvalue weighted by atomic mass is 16.5. The standard InChI is InChI=1S/C19H21N3O4/c1-19-5-3-13(19)17(24)22-15(19)9-26-18-11-8-14(25-2)12(16(20)23)7-10(11)4-6-21-18/h4,6-8,13,15H,3,5,9H2,1-2H3,(H2,20,23)(H,22,24)/t13-,15+,19-/m0/s1. The van der Waals surface area contributed by atoms with E-state index in [9.17, 15) is 9.59 Å². The number of benzene rings is 1. The Kier molecular flexibility index (Phi) is 3.75. The number of carbonyl (C=O) groups is 2. The second kappa shape index (κ2) is 5.86. The smallest absolute Gasteiger partial charge is 0.252 e. The third-order valence-electron chi connectivity index (χ3n) is 5.90. The first-order chi connectivity index (χ1) is 12.4. The molecule has 1 saturated carbocycles. The molecule has 7 heteroatoms. The Hall–Kier alpha value is -2.83. The average molecular weight is 355 g/mol. The summed E-state index contributed by atoms with van der Waals surface area (Å²) in [5.74, 6) is 0.474. The van der Waals surface area contributed by atoms with Crippen LogP contribution < -0.4 is 20.5 Å². The third kappa shape index (κ3) is 2.38.